The maximum Gasteiger partial charge on any atom is 0.251 e. The van der Waals surface area contributed by atoms with Gasteiger partial charge in [-0.25, -0.2) is 0 Å². The molecule has 0 atom stereocenters. The highest BCUT2D eigenvalue weighted by molar-refractivity contribution is 5.94. The van der Waals surface area contributed by atoms with Gasteiger partial charge < -0.3 is 10.2 Å². The number of nitrogens with zero attached hydrogens (tertiary/aromatic N) is 1. The van der Waals surface area contributed by atoms with Crippen LogP contribution in [-0.4, -0.2) is 37.0 Å². The molecule has 1 fully saturated rings. The zero-order valence-electron chi connectivity index (χ0n) is 12.7. The molecule has 1 heterocycles. The van der Waals surface area contributed by atoms with Crippen molar-refractivity contribution in [3.05, 3.63) is 34.9 Å². The fourth-order valence-corrected chi connectivity index (χ4v) is 2.65. The van der Waals surface area contributed by atoms with Crippen molar-refractivity contribution in [3.63, 3.8) is 0 Å². The highest BCUT2D eigenvalue weighted by Gasteiger charge is 2.10. The molecule has 1 saturated heterocycles. The number of aryl methyl sites for hydroxylation is 2. The topological polar surface area (TPSA) is 32.3 Å². The molecule has 0 unspecified atom stereocenters. The first kappa shape index (κ1) is 15.0. The molecule has 1 aromatic carbocycles. The molecular formula is C17H26N2O. The van der Waals surface area contributed by atoms with Crippen LogP contribution in [0.2, 0.25) is 0 Å². The molecule has 0 aromatic heterocycles. The summed E-state index contributed by atoms with van der Waals surface area (Å²) in [5, 5.41) is 3.01. The number of carbonyl (C=O) groups excluding carboxylic acids is 1. The molecule has 110 valence electrons. The van der Waals surface area contributed by atoms with Gasteiger partial charge in [0.2, 0.25) is 0 Å². The Bertz CT molecular complexity index is 450. The number of amides is 1. The van der Waals surface area contributed by atoms with Crippen molar-refractivity contribution in [1.29, 1.82) is 0 Å². The van der Waals surface area contributed by atoms with Gasteiger partial charge in [-0.1, -0.05) is 6.07 Å². The zero-order valence-corrected chi connectivity index (χ0v) is 12.7. The second kappa shape index (κ2) is 7.44. The molecule has 2 rings (SSSR count). The lowest BCUT2D eigenvalue weighted by atomic mass is 10.1. The summed E-state index contributed by atoms with van der Waals surface area (Å²) < 4.78 is 0. The number of likely N-dealkylation sites (tertiary alicyclic amines) is 1. The molecule has 1 aliphatic rings. The fourth-order valence-electron chi connectivity index (χ4n) is 2.65. The first-order valence-electron chi connectivity index (χ1n) is 7.74. The molecule has 0 saturated carbocycles. The summed E-state index contributed by atoms with van der Waals surface area (Å²) in [5.74, 6) is 0.0503. The number of unbranched alkanes of at least 4 members (excludes halogenated alkanes) is 1. The van der Waals surface area contributed by atoms with Gasteiger partial charge in [-0.2, -0.15) is 0 Å². The highest BCUT2D eigenvalue weighted by atomic mass is 16.1. The van der Waals surface area contributed by atoms with E-state index in [9.17, 15) is 4.79 Å². The van der Waals surface area contributed by atoms with Crippen molar-refractivity contribution in [2.24, 2.45) is 0 Å². The average molecular weight is 274 g/mol. The van der Waals surface area contributed by atoms with E-state index in [0.717, 1.165) is 18.5 Å². The van der Waals surface area contributed by atoms with Gasteiger partial charge in [0, 0.05) is 12.1 Å². The Morgan fingerprint density at radius 1 is 1.15 bits per heavy atom. The van der Waals surface area contributed by atoms with Crippen molar-refractivity contribution < 1.29 is 4.79 Å². The van der Waals surface area contributed by atoms with Gasteiger partial charge in [0.15, 0.2) is 0 Å². The predicted molar refractivity (Wildman–Crippen MR) is 83.2 cm³/mol. The third-order valence-electron chi connectivity index (χ3n) is 4.15. The van der Waals surface area contributed by atoms with Crippen molar-refractivity contribution in [3.8, 4) is 0 Å². The Hall–Kier alpha value is -1.35. The van der Waals surface area contributed by atoms with Crippen LogP contribution in [0.3, 0.4) is 0 Å². The van der Waals surface area contributed by atoms with Crippen LogP contribution in [-0.2, 0) is 0 Å². The smallest absolute Gasteiger partial charge is 0.251 e. The predicted octanol–water partition coefficient (Wildman–Crippen LogP) is 2.91. The molecule has 1 aromatic rings. The largest absolute Gasteiger partial charge is 0.352 e. The van der Waals surface area contributed by atoms with Gasteiger partial charge >= 0.3 is 0 Å². The second-order valence-corrected chi connectivity index (χ2v) is 5.81. The minimum absolute atomic E-state index is 0.0503. The minimum Gasteiger partial charge on any atom is -0.352 e. The van der Waals surface area contributed by atoms with E-state index in [2.05, 4.69) is 17.1 Å². The molecule has 1 amide bonds. The summed E-state index contributed by atoms with van der Waals surface area (Å²) >= 11 is 0. The zero-order chi connectivity index (χ0) is 14.4. The van der Waals surface area contributed by atoms with Crippen LogP contribution in [0, 0.1) is 13.8 Å². The van der Waals surface area contributed by atoms with Crippen LogP contribution in [0.4, 0.5) is 0 Å². The number of carbonyl (C=O) groups is 1. The minimum atomic E-state index is 0.0503. The lowest BCUT2D eigenvalue weighted by molar-refractivity contribution is 0.0952. The average Bonchev–Trinajstić information content (AvgIpc) is 2.94. The normalized spacial score (nSPS) is 15.5. The van der Waals surface area contributed by atoms with E-state index < -0.39 is 0 Å². The van der Waals surface area contributed by atoms with E-state index in [-0.39, 0.29) is 5.91 Å². The first-order chi connectivity index (χ1) is 9.66. The van der Waals surface area contributed by atoms with Gasteiger partial charge in [0.1, 0.15) is 0 Å². The SMILES string of the molecule is Cc1ccc(C(=O)NCCCCN2CCCC2)cc1C. The summed E-state index contributed by atoms with van der Waals surface area (Å²) in [7, 11) is 0. The van der Waals surface area contributed by atoms with Crippen LogP contribution in [0.1, 0.15) is 47.2 Å². The van der Waals surface area contributed by atoms with Gasteiger partial charge in [0.25, 0.3) is 5.91 Å². The van der Waals surface area contributed by atoms with Crippen molar-refractivity contribution >= 4 is 5.91 Å². The number of nitrogens with one attached hydrogen (secondary N) is 1. The number of benzene rings is 1. The Kier molecular flexibility index (Phi) is 5.60. The van der Waals surface area contributed by atoms with Crippen LogP contribution in [0.25, 0.3) is 0 Å². The Morgan fingerprint density at radius 3 is 2.60 bits per heavy atom. The monoisotopic (exact) mass is 274 g/mol. The van der Waals surface area contributed by atoms with Gasteiger partial charge in [0.05, 0.1) is 0 Å². The fraction of sp³-hybridized carbons (Fsp3) is 0.588. The number of hydrogen-bond acceptors (Lipinski definition) is 2. The van der Waals surface area contributed by atoms with E-state index >= 15 is 0 Å². The quantitative estimate of drug-likeness (QED) is 0.809. The number of hydrogen-bond donors (Lipinski definition) is 1. The Balaban J connectivity index is 1.65. The summed E-state index contributed by atoms with van der Waals surface area (Å²) in [5.41, 5.74) is 3.17. The molecule has 1 N–H and O–H groups in total. The molecular weight excluding hydrogens is 248 g/mol. The molecule has 0 spiro atoms. The van der Waals surface area contributed by atoms with Crippen molar-refractivity contribution in [2.45, 2.75) is 39.5 Å². The van der Waals surface area contributed by atoms with E-state index in [1.54, 1.807) is 0 Å². The number of rotatable bonds is 6. The van der Waals surface area contributed by atoms with Crippen molar-refractivity contribution in [2.75, 3.05) is 26.2 Å². The van der Waals surface area contributed by atoms with Gasteiger partial charge in [-0.3, -0.25) is 4.79 Å². The lowest BCUT2D eigenvalue weighted by Gasteiger charge is -2.14. The standard InChI is InChI=1S/C17H26N2O/c1-14-7-8-16(13-15(14)2)17(20)18-9-3-4-10-19-11-5-6-12-19/h7-8,13H,3-6,9-12H2,1-2H3,(H,18,20). The molecule has 3 nitrogen and oxygen atoms in total. The summed E-state index contributed by atoms with van der Waals surface area (Å²) in [6.07, 6.45) is 4.94. The third-order valence-corrected chi connectivity index (χ3v) is 4.15. The van der Waals surface area contributed by atoms with E-state index in [1.807, 2.05) is 25.1 Å². The van der Waals surface area contributed by atoms with E-state index in [0.29, 0.717) is 0 Å². The van der Waals surface area contributed by atoms with Crippen LogP contribution in [0.15, 0.2) is 18.2 Å². The second-order valence-electron chi connectivity index (χ2n) is 5.81. The van der Waals surface area contributed by atoms with Crippen LogP contribution in [0.5, 0.6) is 0 Å². The summed E-state index contributed by atoms with van der Waals surface area (Å²) in [4.78, 5) is 14.5. The summed E-state index contributed by atoms with van der Waals surface area (Å²) in [6, 6.07) is 5.88. The van der Waals surface area contributed by atoms with E-state index in [1.165, 1.54) is 50.0 Å². The molecule has 1 aliphatic heterocycles. The lowest BCUT2D eigenvalue weighted by Crippen LogP contribution is -2.26. The molecule has 0 aliphatic carbocycles. The molecule has 0 radical (unpaired) electrons. The summed E-state index contributed by atoms with van der Waals surface area (Å²) in [6.45, 7) is 8.58. The molecule has 3 heteroatoms. The van der Waals surface area contributed by atoms with E-state index in [4.69, 9.17) is 0 Å². The maximum atomic E-state index is 12.0. The Labute approximate surface area is 122 Å². The first-order valence-corrected chi connectivity index (χ1v) is 7.74. The Morgan fingerprint density at radius 2 is 1.90 bits per heavy atom. The maximum absolute atomic E-state index is 12.0. The molecule has 20 heavy (non-hydrogen) atoms. The van der Waals surface area contributed by atoms with Crippen LogP contribution >= 0.6 is 0 Å². The van der Waals surface area contributed by atoms with Crippen LogP contribution < -0.4 is 5.32 Å². The van der Waals surface area contributed by atoms with Gasteiger partial charge in [-0.15, -0.1) is 0 Å². The third kappa shape index (κ3) is 4.34. The van der Waals surface area contributed by atoms with Gasteiger partial charge in [-0.05, 0) is 82.4 Å². The molecule has 0 bridgehead atoms. The van der Waals surface area contributed by atoms with Crippen molar-refractivity contribution in [1.82, 2.24) is 10.2 Å². The highest BCUT2D eigenvalue weighted by Crippen LogP contribution is 2.10.